The van der Waals surface area contributed by atoms with Crippen LogP contribution in [-0.2, 0) is 4.74 Å². The lowest BCUT2D eigenvalue weighted by atomic mass is 9.95. The first-order valence-corrected chi connectivity index (χ1v) is 10.2. The van der Waals surface area contributed by atoms with Gasteiger partial charge in [0.05, 0.1) is 21.7 Å². The van der Waals surface area contributed by atoms with Gasteiger partial charge in [0.2, 0.25) is 0 Å². The number of amides is 1. The number of fused-ring (bicyclic) bond motifs is 1. The number of nitro groups is 1. The molecule has 1 aromatic heterocycles. The van der Waals surface area contributed by atoms with Gasteiger partial charge in [-0.2, -0.15) is 0 Å². The Morgan fingerprint density at radius 3 is 2.93 bits per heavy atom. The second kappa shape index (κ2) is 8.30. The first-order valence-electron chi connectivity index (χ1n) is 9.37. The smallest absolute Gasteiger partial charge is 0.410 e. The molecule has 0 aliphatic carbocycles. The molecule has 1 saturated heterocycles. The quantitative estimate of drug-likeness (QED) is 0.530. The molecule has 1 aliphatic rings. The van der Waals surface area contributed by atoms with Crippen molar-refractivity contribution in [2.45, 2.75) is 45.6 Å². The Kier molecular flexibility index (Phi) is 6.02. The molecule has 1 unspecified atom stereocenters. The number of non-ortho nitro benzene ring substituents is 1. The zero-order chi connectivity index (χ0) is 20.3. The Labute approximate surface area is 167 Å². The first kappa shape index (κ1) is 20.3. The second-order valence-corrected chi connectivity index (χ2v) is 8.95. The highest BCUT2D eigenvalue weighted by molar-refractivity contribution is 7.20. The number of piperidine rings is 1. The lowest BCUT2D eigenvalue weighted by Gasteiger charge is -2.34. The van der Waals surface area contributed by atoms with Crippen LogP contribution in [0.1, 0.15) is 40.0 Å². The summed E-state index contributed by atoms with van der Waals surface area (Å²) in [5.74, 6) is 0.358. The van der Waals surface area contributed by atoms with E-state index in [1.165, 1.54) is 23.5 Å². The van der Waals surface area contributed by atoms with Crippen LogP contribution >= 0.6 is 11.3 Å². The van der Waals surface area contributed by atoms with Gasteiger partial charge in [0.1, 0.15) is 5.60 Å². The Hall–Kier alpha value is -2.42. The van der Waals surface area contributed by atoms with Crippen molar-refractivity contribution in [1.82, 2.24) is 9.88 Å². The molecule has 1 fully saturated rings. The minimum atomic E-state index is -0.491. The molecule has 8 nitrogen and oxygen atoms in total. The molecule has 1 aromatic carbocycles. The van der Waals surface area contributed by atoms with Crippen molar-refractivity contribution < 1.29 is 19.2 Å². The molecule has 1 aliphatic heterocycles. The van der Waals surface area contributed by atoms with E-state index in [2.05, 4.69) is 4.98 Å². The molecular weight excluding hydrogens is 382 g/mol. The van der Waals surface area contributed by atoms with Crippen molar-refractivity contribution in [3.05, 3.63) is 28.3 Å². The van der Waals surface area contributed by atoms with Gasteiger partial charge < -0.3 is 14.4 Å². The summed E-state index contributed by atoms with van der Waals surface area (Å²) in [5.41, 5.74) is 0.103. The monoisotopic (exact) mass is 407 g/mol. The molecule has 0 bridgehead atoms. The van der Waals surface area contributed by atoms with E-state index in [4.69, 9.17) is 9.47 Å². The van der Waals surface area contributed by atoms with Crippen LogP contribution in [-0.4, -0.2) is 46.2 Å². The molecule has 2 aromatic rings. The Morgan fingerprint density at radius 2 is 2.21 bits per heavy atom. The van der Waals surface area contributed by atoms with E-state index in [9.17, 15) is 14.9 Å². The standard InChI is InChI=1S/C19H25N3O5S/c1-19(2,3)27-18(23)21-9-4-5-13(12-21)8-10-26-17-20-15-11-14(22(24)25)6-7-16(15)28-17/h6-7,11,13H,4-5,8-10,12H2,1-3H3. The number of carbonyl (C=O) groups is 1. The fourth-order valence-corrected chi connectivity index (χ4v) is 4.00. The van der Waals surface area contributed by atoms with Crippen molar-refractivity contribution in [1.29, 1.82) is 0 Å². The molecule has 0 N–H and O–H groups in total. The summed E-state index contributed by atoms with van der Waals surface area (Å²) < 4.78 is 12.1. The highest BCUT2D eigenvalue weighted by atomic mass is 32.1. The average molecular weight is 407 g/mol. The molecule has 0 spiro atoms. The molecule has 1 amide bonds. The molecule has 2 heterocycles. The van der Waals surface area contributed by atoms with Crippen molar-refractivity contribution in [2.75, 3.05) is 19.7 Å². The van der Waals surface area contributed by atoms with Crippen LogP contribution in [0.2, 0.25) is 0 Å². The van der Waals surface area contributed by atoms with Gasteiger partial charge in [0.25, 0.3) is 10.9 Å². The molecule has 0 radical (unpaired) electrons. The lowest BCUT2D eigenvalue weighted by Crippen LogP contribution is -2.43. The van der Waals surface area contributed by atoms with Crippen molar-refractivity contribution in [3.8, 4) is 5.19 Å². The summed E-state index contributed by atoms with van der Waals surface area (Å²) in [4.78, 5) is 28.8. The van der Waals surface area contributed by atoms with Gasteiger partial charge in [-0.25, -0.2) is 9.78 Å². The largest absolute Gasteiger partial charge is 0.470 e. The zero-order valence-electron chi connectivity index (χ0n) is 16.3. The highest BCUT2D eigenvalue weighted by Gasteiger charge is 2.27. The maximum absolute atomic E-state index is 12.2. The van der Waals surface area contributed by atoms with Gasteiger partial charge >= 0.3 is 6.09 Å². The zero-order valence-corrected chi connectivity index (χ0v) is 17.2. The van der Waals surface area contributed by atoms with Crippen molar-refractivity contribution >= 4 is 33.3 Å². The van der Waals surface area contributed by atoms with Gasteiger partial charge in [-0.1, -0.05) is 11.3 Å². The minimum Gasteiger partial charge on any atom is -0.470 e. The van der Waals surface area contributed by atoms with E-state index in [0.717, 1.165) is 30.5 Å². The summed E-state index contributed by atoms with van der Waals surface area (Å²) >= 11 is 1.38. The normalized spacial score (nSPS) is 17.5. The van der Waals surface area contributed by atoms with Crippen LogP contribution < -0.4 is 4.74 Å². The van der Waals surface area contributed by atoms with Gasteiger partial charge in [0, 0.05) is 25.2 Å². The fraction of sp³-hybridized carbons (Fsp3) is 0.579. The van der Waals surface area contributed by atoms with Gasteiger partial charge in [0.15, 0.2) is 0 Å². The maximum atomic E-state index is 12.2. The van der Waals surface area contributed by atoms with Crippen LogP contribution in [0, 0.1) is 16.0 Å². The van der Waals surface area contributed by atoms with Crippen molar-refractivity contribution in [3.63, 3.8) is 0 Å². The van der Waals surface area contributed by atoms with E-state index in [1.54, 1.807) is 11.0 Å². The van der Waals surface area contributed by atoms with Gasteiger partial charge in [-0.15, -0.1) is 0 Å². The third kappa shape index (κ3) is 5.31. The fourth-order valence-electron chi connectivity index (χ4n) is 3.18. The minimum absolute atomic E-state index is 0.0220. The summed E-state index contributed by atoms with van der Waals surface area (Å²) in [5, 5.41) is 11.4. The van der Waals surface area contributed by atoms with Crippen LogP contribution in [0.25, 0.3) is 10.2 Å². The third-order valence-corrected chi connectivity index (χ3v) is 5.43. The maximum Gasteiger partial charge on any atom is 0.410 e. The number of likely N-dealkylation sites (tertiary alicyclic amines) is 1. The average Bonchev–Trinajstić information content (AvgIpc) is 3.02. The number of hydrogen-bond acceptors (Lipinski definition) is 7. The van der Waals surface area contributed by atoms with Gasteiger partial charge in [-0.05, 0) is 52.0 Å². The summed E-state index contributed by atoms with van der Waals surface area (Å²) in [6, 6.07) is 4.62. The second-order valence-electron chi connectivity index (χ2n) is 7.96. The number of ether oxygens (including phenoxy) is 2. The van der Waals surface area contributed by atoms with E-state index < -0.39 is 10.5 Å². The molecule has 3 rings (SSSR count). The number of aromatic nitrogens is 1. The Morgan fingerprint density at radius 1 is 1.43 bits per heavy atom. The van der Waals surface area contributed by atoms with E-state index >= 15 is 0 Å². The lowest BCUT2D eigenvalue weighted by molar-refractivity contribution is -0.384. The van der Waals surface area contributed by atoms with Crippen molar-refractivity contribution in [2.24, 2.45) is 5.92 Å². The predicted octanol–water partition coefficient (Wildman–Crippen LogP) is 4.62. The molecule has 1 atom stereocenters. The van der Waals surface area contributed by atoms with Gasteiger partial charge in [-0.3, -0.25) is 10.1 Å². The highest BCUT2D eigenvalue weighted by Crippen LogP contribution is 2.31. The molecule has 152 valence electrons. The van der Waals surface area contributed by atoms with Crippen LogP contribution in [0.3, 0.4) is 0 Å². The SMILES string of the molecule is CC(C)(C)OC(=O)N1CCCC(CCOc2nc3cc([N+](=O)[O-])ccc3s2)C1. The molecule has 0 saturated carbocycles. The molecule has 28 heavy (non-hydrogen) atoms. The topological polar surface area (TPSA) is 94.8 Å². The number of hydrogen-bond donors (Lipinski definition) is 0. The third-order valence-electron chi connectivity index (χ3n) is 4.48. The number of nitrogens with zero attached hydrogens (tertiary/aromatic N) is 3. The predicted molar refractivity (Wildman–Crippen MR) is 107 cm³/mol. The summed E-state index contributed by atoms with van der Waals surface area (Å²) in [6.45, 7) is 7.49. The van der Waals surface area contributed by atoms with Crippen LogP contribution in [0.4, 0.5) is 10.5 Å². The molecular formula is C19H25N3O5S. The number of rotatable bonds is 5. The Bertz CT molecular complexity index is 861. The molecule has 9 heteroatoms. The van der Waals surface area contributed by atoms with E-state index in [-0.39, 0.29) is 11.8 Å². The van der Waals surface area contributed by atoms with E-state index in [1.807, 2.05) is 20.8 Å². The summed E-state index contributed by atoms with van der Waals surface area (Å²) in [6.07, 6.45) is 2.56. The number of benzene rings is 1. The summed E-state index contributed by atoms with van der Waals surface area (Å²) in [7, 11) is 0. The first-order chi connectivity index (χ1) is 13.2. The van der Waals surface area contributed by atoms with Crippen LogP contribution in [0.5, 0.6) is 5.19 Å². The Balaban J connectivity index is 1.51. The number of nitro benzene ring substituents is 1. The number of carbonyl (C=O) groups excluding carboxylic acids is 1. The van der Waals surface area contributed by atoms with Crippen LogP contribution in [0.15, 0.2) is 18.2 Å². The number of thiazole rings is 1. The van der Waals surface area contributed by atoms with E-state index in [0.29, 0.717) is 29.8 Å².